The molecule has 0 radical (unpaired) electrons. The third-order valence-corrected chi connectivity index (χ3v) is 4.73. The normalized spacial score (nSPS) is 12.0. The van der Waals surface area contributed by atoms with Crippen LogP contribution in [-0.2, 0) is 13.1 Å². The molecule has 1 heterocycles. The number of nitrogens with zero attached hydrogens (tertiary/aromatic N) is 1. The Morgan fingerprint density at radius 2 is 1.71 bits per heavy atom. The predicted molar refractivity (Wildman–Crippen MR) is 120 cm³/mol. The fourth-order valence-corrected chi connectivity index (χ4v) is 3.25. The molecule has 3 aromatic rings. The highest BCUT2D eigenvalue weighted by molar-refractivity contribution is 5.39. The number of para-hydroxylation sites is 2. The molecule has 1 atom stereocenters. The summed E-state index contributed by atoms with van der Waals surface area (Å²) in [6, 6.07) is 19.3. The molecule has 0 fully saturated rings. The molecule has 31 heavy (non-hydrogen) atoms. The van der Waals surface area contributed by atoms with Gasteiger partial charge >= 0.3 is 0 Å². The van der Waals surface area contributed by atoms with E-state index in [0.717, 1.165) is 23.5 Å². The van der Waals surface area contributed by atoms with Gasteiger partial charge in [0.05, 0.1) is 26.5 Å². The Morgan fingerprint density at radius 1 is 0.935 bits per heavy atom. The number of benzene rings is 2. The molecule has 0 spiro atoms. The van der Waals surface area contributed by atoms with E-state index in [0.29, 0.717) is 37.7 Å². The van der Waals surface area contributed by atoms with Crippen molar-refractivity contribution in [1.29, 1.82) is 0 Å². The quantitative estimate of drug-likeness (QED) is 0.434. The largest absolute Gasteiger partial charge is 0.494 e. The van der Waals surface area contributed by atoms with Crippen LogP contribution in [0.2, 0.25) is 0 Å². The van der Waals surface area contributed by atoms with Crippen molar-refractivity contribution < 1.29 is 23.7 Å². The van der Waals surface area contributed by atoms with Gasteiger partial charge in [-0.2, -0.15) is 0 Å². The summed E-state index contributed by atoms with van der Waals surface area (Å²) in [5, 5.41) is 10.6. The summed E-state index contributed by atoms with van der Waals surface area (Å²) in [4.78, 5) is 2.14. The summed E-state index contributed by atoms with van der Waals surface area (Å²) in [7, 11) is 1.60. The molecule has 0 saturated carbocycles. The number of methoxy groups -OCH3 is 1. The van der Waals surface area contributed by atoms with Crippen molar-refractivity contribution in [2.24, 2.45) is 0 Å². The van der Waals surface area contributed by atoms with Crippen molar-refractivity contribution >= 4 is 0 Å². The minimum Gasteiger partial charge on any atom is -0.494 e. The van der Waals surface area contributed by atoms with E-state index in [4.69, 9.17) is 18.6 Å². The lowest BCUT2D eigenvalue weighted by Crippen LogP contribution is -2.35. The Bertz CT molecular complexity index is 879. The molecule has 3 rings (SSSR count). The monoisotopic (exact) mass is 425 g/mol. The summed E-state index contributed by atoms with van der Waals surface area (Å²) in [5.41, 5.74) is 1.13. The lowest BCUT2D eigenvalue weighted by molar-refractivity contribution is 0.0596. The van der Waals surface area contributed by atoms with Crippen LogP contribution in [0.1, 0.15) is 24.7 Å². The minimum absolute atomic E-state index is 0.165. The molecule has 1 aromatic heterocycles. The standard InChI is InChI=1S/C25H31NO5/c1-3-14-29-22-12-10-20(11-13-22)16-26(18-23-7-6-15-30-23)17-21(27)19-31-25-9-5-4-8-24(25)28-2/h4-13,15,21,27H,3,14,16-19H2,1-2H3. The lowest BCUT2D eigenvalue weighted by Gasteiger charge is -2.24. The van der Waals surface area contributed by atoms with E-state index < -0.39 is 6.10 Å². The summed E-state index contributed by atoms with van der Waals surface area (Å²) in [6.07, 6.45) is 1.97. The van der Waals surface area contributed by atoms with Crippen LogP contribution in [-0.4, -0.2) is 43.0 Å². The third-order valence-electron chi connectivity index (χ3n) is 4.73. The summed E-state index contributed by atoms with van der Waals surface area (Å²) in [6.45, 7) is 4.65. The molecule has 6 nitrogen and oxygen atoms in total. The van der Waals surface area contributed by atoms with Crippen molar-refractivity contribution in [1.82, 2.24) is 4.90 Å². The number of rotatable bonds is 13. The van der Waals surface area contributed by atoms with Gasteiger partial charge in [0.25, 0.3) is 0 Å². The fourth-order valence-electron chi connectivity index (χ4n) is 3.25. The highest BCUT2D eigenvalue weighted by Gasteiger charge is 2.16. The SMILES string of the molecule is CCCOc1ccc(CN(Cc2ccco2)CC(O)COc2ccccc2OC)cc1. The van der Waals surface area contributed by atoms with Gasteiger partial charge in [-0.15, -0.1) is 0 Å². The first kappa shape index (κ1) is 22.7. The van der Waals surface area contributed by atoms with Gasteiger partial charge in [-0.25, -0.2) is 0 Å². The molecule has 0 aliphatic rings. The molecule has 0 aliphatic carbocycles. The van der Waals surface area contributed by atoms with Crippen molar-refractivity contribution in [3.63, 3.8) is 0 Å². The van der Waals surface area contributed by atoms with Crippen molar-refractivity contribution in [3.8, 4) is 17.2 Å². The fraction of sp³-hybridized carbons (Fsp3) is 0.360. The van der Waals surface area contributed by atoms with Gasteiger partial charge in [0.15, 0.2) is 11.5 Å². The molecule has 0 saturated heterocycles. The minimum atomic E-state index is -0.674. The van der Waals surface area contributed by atoms with Crippen LogP contribution in [0.25, 0.3) is 0 Å². The first-order chi connectivity index (χ1) is 15.2. The van der Waals surface area contributed by atoms with E-state index in [-0.39, 0.29) is 6.61 Å². The third kappa shape index (κ3) is 7.35. The second-order valence-corrected chi connectivity index (χ2v) is 7.36. The molecule has 2 aromatic carbocycles. The Kier molecular flexibility index (Phi) is 8.82. The van der Waals surface area contributed by atoms with Gasteiger partial charge in [-0.05, 0) is 48.4 Å². The van der Waals surface area contributed by atoms with Crippen molar-refractivity contribution in [2.75, 3.05) is 26.9 Å². The lowest BCUT2D eigenvalue weighted by atomic mass is 10.2. The van der Waals surface area contributed by atoms with Gasteiger partial charge in [0.1, 0.15) is 24.2 Å². The van der Waals surface area contributed by atoms with Crippen molar-refractivity contribution in [2.45, 2.75) is 32.5 Å². The number of aliphatic hydroxyl groups is 1. The van der Waals surface area contributed by atoms with Crippen LogP contribution < -0.4 is 14.2 Å². The number of aliphatic hydroxyl groups excluding tert-OH is 1. The molecule has 1 unspecified atom stereocenters. The molecule has 0 amide bonds. The number of ether oxygens (including phenoxy) is 3. The van der Waals surface area contributed by atoms with Gasteiger partial charge < -0.3 is 23.7 Å². The van der Waals surface area contributed by atoms with E-state index in [2.05, 4.69) is 24.0 Å². The van der Waals surface area contributed by atoms with E-state index >= 15 is 0 Å². The highest BCUT2D eigenvalue weighted by Crippen LogP contribution is 2.26. The van der Waals surface area contributed by atoms with E-state index in [1.807, 2.05) is 48.5 Å². The summed E-state index contributed by atoms with van der Waals surface area (Å²) >= 11 is 0. The summed E-state index contributed by atoms with van der Waals surface area (Å²) in [5.74, 6) is 2.98. The van der Waals surface area contributed by atoms with Gasteiger partial charge in [-0.1, -0.05) is 31.2 Å². The van der Waals surface area contributed by atoms with Crippen LogP contribution in [0.15, 0.2) is 71.3 Å². The number of furan rings is 1. The highest BCUT2D eigenvalue weighted by atomic mass is 16.5. The molecule has 6 heteroatoms. The Morgan fingerprint density at radius 3 is 2.39 bits per heavy atom. The maximum Gasteiger partial charge on any atom is 0.161 e. The number of hydrogen-bond donors (Lipinski definition) is 1. The molecule has 166 valence electrons. The summed E-state index contributed by atoms with van der Waals surface area (Å²) < 4.78 is 22.3. The molecule has 0 aliphatic heterocycles. The Labute approximate surface area is 184 Å². The average Bonchev–Trinajstić information content (AvgIpc) is 3.30. The molecule has 0 bridgehead atoms. The first-order valence-corrected chi connectivity index (χ1v) is 10.6. The second-order valence-electron chi connectivity index (χ2n) is 7.36. The first-order valence-electron chi connectivity index (χ1n) is 10.6. The van der Waals surface area contributed by atoms with Gasteiger partial charge in [0, 0.05) is 13.1 Å². The van der Waals surface area contributed by atoms with Crippen LogP contribution in [0.4, 0.5) is 0 Å². The second kappa shape index (κ2) is 12.0. The molecule has 1 N–H and O–H groups in total. The van der Waals surface area contributed by atoms with Gasteiger partial charge in [0.2, 0.25) is 0 Å². The van der Waals surface area contributed by atoms with Crippen LogP contribution in [0, 0.1) is 0 Å². The zero-order valence-electron chi connectivity index (χ0n) is 18.2. The maximum absolute atomic E-state index is 10.6. The molecular weight excluding hydrogens is 394 g/mol. The molecular formula is C25H31NO5. The van der Waals surface area contributed by atoms with E-state index in [9.17, 15) is 5.11 Å². The zero-order chi connectivity index (χ0) is 21.9. The average molecular weight is 426 g/mol. The Hall–Kier alpha value is -2.96. The van der Waals surface area contributed by atoms with Crippen LogP contribution >= 0.6 is 0 Å². The number of hydrogen-bond acceptors (Lipinski definition) is 6. The van der Waals surface area contributed by atoms with Crippen LogP contribution in [0.5, 0.6) is 17.2 Å². The van der Waals surface area contributed by atoms with E-state index in [1.165, 1.54) is 0 Å². The zero-order valence-corrected chi connectivity index (χ0v) is 18.2. The maximum atomic E-state index is 10.6. The van der Waals surface area contributed by atoms with Gasteiger partial charge in [-0.3, -0.25) is 4.90 Å². The Balaban J connectivity index is 1.60. The smallest absolute Gasteiger partial charge is 0.161 e. The van der Waals surface area contributed by atoms with Crippen molar-refractivity contribution in [3.05, 3.63) is 78.3 Å². The predicted octanol–water partition coefficient (Wildman–Crippen LogP) is 4.52. The van der Waals surface area contributed by atoms with E-state index in [1.54, 1.807) is 13.4 Å². The van der Waals surface area contributed by atoms with Crippen LogP contribution in [0.3, 0.4) is 0 Å². The topological polar surface area (TPSA) is 64.3 Å².